The Morgan fingerprint density at radius 2 is 0.955 bits per heavy atom. The zero-order valence-electron chi connectivity index (χ0n) is 45.1. The van der Waals surface area contributed by atoms with Crippen LogP contribution in [0.5, 0.6) is 11.5 Å². The third-order valence-corrected chi connectivity index (χ3v) is 14.3. The number of ether oxygens (including phenoxy) is 4. The van der Waals surface area contributed by atoms with E-state index >= 15 is 0 Å². The van der Waals surface area contributed by atoms with E-state index in [1.165, 1.54) is 89.9 Å². The lowest BCUT2D eigenvalue weighted by atomic mass is 9.83. The summed E-state index contributed by atoms with van der Waals surface area (Å²) in [6, 6.07) is 0. The van der Waals surface area contributed by atoms with Gasteiger partial charge in [0.2, 0.25) is 0 Å². The van der Waals surface area contributed by atoms with Crippen LogP contribution in [0.2, 0.25) is 0 Å². The molecule has 1 aliphatic heterocycles. The number of esters is 3. The van der Waals surface area contributed by atoms with E-state index in [-0.39, 0.29) is 42.8 Å². The third kappa shape index (κ3) is 26.2. The smallest absolute Gasteiger partial charge is 0.312 e. The van der Waals surface area contributed by atoms with Crippen LogP contribution < -0.4 is 9.47 Å². The van der Waals surface area contributed by atoms with E-state index < -0.39 is 0 Å². The maximum atomic E-state index is 13.6. The number of nitrogens with zero attached hydrogens (tertiary/aromatic N) is 1. The predicted molar refractivity (Wildman–Crippen MR) is 276 cm³/mol. The molecule has 0 radical (unpaired) electrons. The van der Waals surface area contributed by atoms with Crippen LogP contribution in [0.4, 0.5) is 0 Å². The summed E-state index contributed by atoms with van der Waals surface area (Å²) in [7, 11) is 0. The maximum absolute atomic E-state index is 13.6. The highest BCUT2D eigenvalue weighted by molar-refractivity contribution is 5.75. The van der Waals surface area contributed by atoms with E-state index in [4.69, 9.17) is 18.9 Å². The number of hydrogen-bond donors (Lipinski definition) is 0. The van der Waals surface area contributed by atoms with Crippen LogP contribution in [0.3, 0.4) is 0 Å². The van der Waals surface area contributed by atoms with Crippen molar-refractivity contribution < 1.29 is 33.3 Å². The van der Waals surface area contributed by atoms with Gasteiger partial charge in [0.05, 0.1) is 32.5 Å². The summed E-state index contributed by atoms with van der Waals surface area (Å²) in [6.45, 7) is 29.0. The van der Waals surface area contributed by atoms with Gasteiger partial charge in [0.15, 0.2) is 0 Å². The fourth-order valence-electron chi connectivity index (χ4n) is 9.55. The minimum absolute atomic E-state index is 0.136. The van der Waals surface area contributed by atoms with Crippen LogP contribution in [0.15, 0.2) is 0 Å². The number of fused-ring (bicyclic) bond motifs is 1. The van der Waals surface area contributed by atoms with Gasteiger partial charge < -0.3 is 23.8 Å². The predicted octanol–water partition coefficient (Wildman–Crippen LogP) is 15.6. The van der Waals surface area contributed by atoms with Gasteiger partial charge >= 0.3 is 17.9 Å². The third-order valence-electron chi connectivity index (χ3n) is 14.3. The van der Waals surface area contributed by atoms with E-state index in [1.54, 1.807) is 0 Å². The second-order valence-electron chi connectivity index (χ2n) is 22.3. The molecular formula is C58H103NO7. The number of benzene rings is 1. The summed E-state index contributed by atoms with van der Waals surface area (Å²) in [4.78, 5) is 41.1. The number of carbonyl (C=O) groups excluding carboxylic acids is 3. The molecule has 0 aromatic heterocycles. The van der Waals surface area contributed by atoms with Crippen molar-refractivity contribution in [3.63, 3.8) is 0 Å². The summed E-state index contributed by atoms with van der Waals surface area (Å²) in [5.74, 6) is 4.64. The van der Waals surface area contributed by atoms with Crippen LogP contribution >= 0.6 is 0 Å². The molecule has 66 heavy (non-hydrogen) atoms. The van der Waals surface area contributed by atoms with E-state index in [0.717, 1.165) is 115 Å². The molecular weight excluding hydrogens is 823 g/mol. The fourth-order valence-corrected chi connectivity index (χ4v) is 9.55. The van der Waals surface area contributed by atoms with Gasteiger partial charge in [0.25, 0.3) is 0 Å². The molecule has 8 heteroatoms. The van der Waals surface area contributed by atoms with Crippen molar-refractivity contribution in [3.8, 4) is 11.5 Å². The lowest BCUT2D eigenvalue weighted by Crippen LogP contribution is -2.37. The summed E-state index contributed by atoms with van der Waals surface area (Å²) in [5, 5.41) is 0. The first-order chi connectivity index (χ1) is 31.4. The molecule has 0 aliphatic carbocycles. The Morgan fingerprint density at radius 1 is 0.530 bits per heavy atom. The van der Waals surface area contributed by atoms with Gasteiger partial charge in [-0.25, -0.2) is 0 Å². The van der Waals surface area contributed by atoms with E-state index in [2.05, 4.69) is 76.2 Å². The van der Waals surface area contributed by atoms with Crippen LogP contribution in [-0.4, -0.2) is 61.3 Å². The van der Waals surface area contributed by atoms with E-state index in [1.807, 2.05) is 11.8 Å². The largest absolute Gasteiger partial charge is 0.487 e. The summed E-state index contributed by atoms with van der Waals surface area (Å²) in [6.07, 6.45) is 27.6. The Kier molecular flexibility index (Phi) is 30.5. The van der Waals surface area contributed by atoms with Gasteiger partial charge in [0, 0.05) is 25.2 Å². The summed E-state index contributed by atoms with van der Waals surface area (Å²) in [5.41, 5.74) is 3.89. The minimum atomic E-state index is -0.325. The second-order valence-corrected chi connectivity index (χ2v) is 22.3. The molecule has 1 aliphatic rings. The Bertz CT molecular complexity index is 1460. The minimum Gasteiger partial charge on any atom is -0.487 e. The molecule has 1 aromatic carbocycles. The van der Waals surface area contributed by atoms with Crippen molar-refractivity contribution in [2.45, 2.75) is 256 Å². The lowest BCUT2D eigenvalue weighted by molar-refractivity contribution is -0.144. The number of carbonyl (C=O) groups is 3. The van der Waals surface area contributed by atoms with Crippen molar-refractivity contribution in [3.05, 3.63) is 22.3 Å². The van der Waals surface area contributed by atoms with Crippen molar-refractivity contribution in [2.75, 3.05) is 32.8 Å². The van der Waals surface area contributed by atoms with Crippen LogP contribution in [0.1, 0.15) is 245 Å². The molecule has 382 valence electrons. The zero-order valence-corrected chi connectivity index (χ0v) is 45.1. The molecule has 8 nitrogen and oxygen atoms in total. The lowest BCUT2D eigenvalue weighted by Gasteiger charge is -2.38. The molecule has 1 aromatic rings. The molecule has 1 unspecified atom stereocenters. The molecule has 0 spiro atoms. The first-order valence-electron chi connectivity index (χ1n) is 27.5. The fraction of sp³-hybridized carbons (Fsp3) is 0.845. The number of unbranched alkanes of at least 4 members (excludes halogenated alkanes) is 8. The molecule has 0 saturated heterocycles. The molecule has 0 N–H and O–H groups in total. The Balaban J connectivity index is 1.92. The quantitative estimate of drug-likeness (QED) is 0.0368. The molecule has 0 bridgehead atoms. The first-order valence-corrected chi connectivity index (χ1v) is 27.5. The van der Waals surface area contributed by atoms with Gasteiger partial charge in [-0.05, 0) is 112 Å². The van der Waals surface area contributed by atoms with E-state index in [0.29, 0.717) is 38.6 Å². The normalized spacial score (nSPS) is 15.9. The Morgan fingerprint density at radius 3 is 1.45 bits per heavy atom. The number of hydrogen-bond acceptors (Lipinski definition) is 8. The van der Waals surface area contributed by atoms with Crippen molar-refractivity contribution in [1.29, 1.82) is 0 Å². The van der Waals surface area contributed by atoms with Gasteiger partial charge in [0.1, 0.15) is 17.1 Å². The Labute approximate surface area is 406 Å². The standard InChI is InChI=1S/C58H103NO7/c1-44(2)26-19-15-13-17-21-42-63-53(60)34-39-59(40-35-54(61)64-43-22-18-14-16-20-27-45(3)4)41-36-55(62)65-56-49(9)50(10)57-52(51(56)11)33-38-58(12,66-57)37-25-32-48(8)31-24-30-47(7)29-23-28-46(5)6/h44-48H,13-43H2,1-12H3/t47?,48-,58-/m1/s1. The van der Waals surface area contributed by atoms with Crippen LogP contribution in [-0.2, 0) is 30.3 Å². The molecule has 1 heterocycles. The number of rotatable bonds is 38. The van der Waals surface area contributed by atoms with Gasteiger partial charge in [-0.2, -0.15) is 0 Å². The van der Waals surface area contributed by atoms with Crippen LogP contribution in [0, 0.1) is 50.4 Å². The van der Waals surface area contributed by atoms with Gasteiger partial charge in [-0.1, -0.05) is 165 Å². The van der Waals surface area contributed by atoms with Crippen molar-refractivity contribution >= 4 is 17.9 Å². The summed E-state index contributed by atoms with van der Waals surface area (Å²) < 4.78 is 24.2. The van der Waals surface area contributed by atoms with Gasteiger partial charge in [-0.15, -0.1) is 0 Å². The van der Waals surface area contributed by atoms with Crippen molar-refractivity contribution in [1.82, 2.24) is 4.90 Å². The maximum Gasteiger partial charge on any atom is 0.312 e. The topological polar surface area (TPSA) is 91.4 Å². The molecule has 0 fully saturated rings. The van der Waals surface area contributed by atoms with E-state index in [9.17, 15) is 14.4 Å². The average molecular weight is 926 g/mol. The molecule has 3 atom stereocenters. The average Bonchev–Trinajstić information content (AvgIpc) is 3.25. The highest BCUT2D eigenvalue weighted by Gasteiger charge is 2.35. The molecule has 0 amide bonds. The highest BCUT2D eigenvalue weighted by atomic mass is 16.5. The van der Waals surface area contributed by atoms with Crippen molar-refractivity contribution in [2.24, 2.45) is 29.6 Å². The SMILES string of the molecule is Cc1c(C)c2c(c(C)c1OC(=O)CCN(CCC(=O)OCCCCCCCC(C)C)CCC(=O)OCCCCCCCC(C)C)CC[C@@](C)(CCC[C@H](C)CCCC(C)CCCC(C)C)O2. The van der Waals surface area contributed by atoms with Crippen LogP contribution in [0.25, 0.3) is 0 Å². The van der Waals surface area contributed by atoms with Gasteiger partial charge in [-0.3, -0.25) is 14.4 Å². The Hall–Kier alpha value is -2.61. The summed E-state index contributed by atoms with van der Waals surface area (Å²) >= 11 is 0. The second kappa shape index (κ2) is 33.8. The highest BCUT2D eigenvalue weighted by Crippen LogP contribution is 2.45. The zero-order chi connectivity index (χ0) is 48.9. The molecule has 2 rings (SSSR count). The monoisotopic (exact) mass is 926 g/mol. The first kappa shape index (κ1) is 59.5. The molecule has 0 saturated carbocycles.